The molecule has 0 spiro atoms. The van der Waals surface area contributed by atoms with Gasteiger partial charge in [0.2, 0.25) is 0 Å². The van der Waals surface area contributed by atoms with Gasteiger partial charge in [-0.3, -0.25) is 4.79 Å². The fraction of sp³-hybridized carbons (Fsp3) is 0.412. The number of aromatic nitrogens is 1. The van der Waals surface area contributed by atoms with Crippen LogP contribution >= 0.6 is 0 Å². The highest BCUT2D eigenvalue weighted by atomic mass is 16.5. The monoisotopic (exact) mass is 303 g/mol. The molecule has 2 rings (SSSR count). The predicted octanol–water partition coefficient (Wildman–Crippen LogP) is 3.22. The Labute approximate surface area is 129 Å². The van der Waals surface area contributed by atoms with Crippen LogP contribution in [-0.2, 0) is 4.79 Å². The molecule has 0 fully saturated rings. The van der Waals surface area contributed by atoms with Crippen molar-refractivity contribution in [2.75, 3.05) is 6.61 Å². The second-order valence-electron chi connectivity index (χ2n) is 5.24. The zero-order chi connectivity index (χ0) is 16.1. The topological polar surface area (TPSA) is 68.5 Å². The molecule has 0 saturated carbocycles. The number of ether oxygens (including phenoxy) is 1. The summed E-state index contributed by atoms with van der Waals surface area (Å²) in [6, 6.07) is 6.19. The van der Waals surface area contributed by atoms with Crippen molar-refractivity contribution in [3.8, 4) is 5.75 Å². The second-order valence-corrected chi connectivity index (χ2v) is 5.24. The fourth-order valence-corrected chi connectivity index (χ4v) is 2.40. The number of hydrogen-bond donors (Lipinski definition) is 1. The minimum atomic E-state index is -0.997. The van der Waals surface area contributed by atoms with Crippen LogP contribution < -0.4 is 10.3 Å². The number of benzene rings is 1. The average Bonchev–Trinajstić information content (AvgIpc) is 2.50. The number of carboxylic acids is 1. The van der Waals surface area contributed by atoms with Crippen molar-refractivity contribution < 1.29 is 14.6 Å². The number of rotatable bonds is 7. The van der Waals surface area contributed by atoms with Crippen LogP contribution in [0.3, 0.4) is 0 Å². The van der Waals surface area contributed by atoms with Gasteiger partial charge in [0.25, 0.3) is 5.56 Å². The largest absolute Gasteiger partial charge is 0.494 e. The zero-order valence-corrected chi connectivity index (χ0v) is 12.9. The minimum absolute atomic E-state index is 0.285. The molecule has 1 aromatic heterocycles. The highest BCUT2D eigenvalue weighted by Gasteiger charge is 2.19. The summed E-state index contributed by atoms with van der Waals surface area (Å²) in [5, 5.41) is 10.5. The lowest BCUT2D eigenvalue weighted by molar-refractivity contribution is -0.141. The van der Waals surface area contributed by atoms with Gasteiger partial charge in [0.05, 0.1) is 6.61 Å². The molecule has 0 aliphatic heterocycles. The normalized spacial score (nSPS) is 12.3. The smallest absolute Gasteiger partial charge is 0.326 e. The number of carboxylic acid groups (broad SMARTS) is 1. The molecule has 0 radical (unpaired) electrons. The minimum Gasteiger partial charge on any atom is -0.494 e. The molecule has 2 aromatic rings. The Morgan fingerprint density at radius 2 is 2.09 bits per heavy atom. The summed E-state index contributed by atoms with van der Waals surface area (Å²) in [5.41, 5.74) is -0.285. The molecule has 0 aliphatic rings. The maximum absolute atomic E-state index is 12.5. The number of nitrogens with zero attached hydrogens (tertiary/aromatic N) is 1. The van der Waals surface area contributed by atoms with E-state index < -0.39 is 12.0 Å². The number of carbonyl (C=O) groups is 1. The second kappa shape index (κ2) is 7.11. The Kier molecular flexibility index (Phi) is 5.20. The molecule has 5 heteroatoms. The van der Waals surface area contributed by atoms with E-state index in [4.69, 9.17) is 4.74 Å². The van der Waals surface area contributed by atoms with E-state index in [1.807, 2.05) is 6.07 Å². The number of hydrogen-bond acceptors (Lipinski definition) is 3. The van der Waals surface area contributed by atoms with E-state index in [2.05, 4.69) is 6.92 Å². The lowest BCUT2D eigenvalue weighted by Gasteiger charge is -2.14. The summed E-state index contributed by atoms with van der Waals surface area (Å²) in [5.74, 6) is -0.271. The van der Waals surface area contributed by atoms with Crippen molar-refractivity contribution in [2.24, 2.45) is 0 Å². The van der Waals surface area contributed by atoms with Crippen molar-refractivity contribution in [1.29, 1.82) is 0 Å². The Morgan fingerprint density at radius 1 is 1.32 bits per heavy atom. The lowest BCUT2D eigenvalue weighted by atomic mass is 10.1. The van der Waals surface area contributed by atoms with E-state index in [1.165, 1.54) is 4.57 Å². The molecule has 1 N–H and O–H groups in total. The third-order valence-electron chi connectivity index (χ3n) is 3.68. The molecule has 22 heavy (non-hydrogen) atoms. The Hall–Kier alpha value is -2.30. The van der Waals surface area contributed by atoms with Gasteiger partial charge in [-0.15, -0.1) is 0 Å². The van der Waals surface area contributed by atoms with Gasteiger partial charge in [-0.25, -0.2) is 4.79 Å². The van der Waals surface area contributed by atoms with Gasteiger partial charge in [-0.1, -0.05) is 20.3 Å². The standard InChI is InChI=1S/C17H21NO4/c1-3-5-10-22-13-6-7-14-12(11-13)8-9-18(16(14)19)15(4-2)17(20)21/h6-9,11,15H,3-5,10H2,1-2H3,(H,20,21). The first-order chi connectivity index (χ1) is 10.6. The molecule has 1 unspecified atom stereocenters. The van der Waals surface area contributed by atoms with E-state index in [1.54, 1.807) is 31.3 Å². The third-order valence-corrected chi connectivity index (χ3v) is 3.68. The van der Waals surface area contributed by atoms with Crippen molar-refractivity contribution in [3.05, 3.63) is 40.8 Å². The van der Waals surface area contributed by atoms with Crippen LogP contribution in [0.1, 0.15) is 39.2 Å². The number of unbranched alkanes of at least 4 members (excludes halogenated alkanes) is 1. The van der Waals surface area contributed by atoms with Crippen molar-refractivity contribution >= 4 is 16.7 Å². The third kappa shape index (κ3) is 3.30. The van der Waals surface area contributed by atoms with Crippen molar-refractivity contribution in [1.82, 2.24) is 4.57 Å². The molecular formula is C17H21NO4. The summed E-state index contributed by atoms with van der Waals surface area (Å²) in [6.07, 6.45) is 3.95. The summed E-state index contributed by atoms with van der Waals surface area (Å²) >= 11 is 0. The summed E-state index contributed by atoms with van der Waals surface area (Å²) in [6.45, 7) is 4.49. The van der Waals surface area contributed by atoms with Gasteiger partial charge >= 0.3 is 5.97 Å². The quantitative estimate of drug-likeness (QED) is 0.797. The van der Waals surface area contributed by atoms with E-state index >= 15 is 0 Å². The first kappa shape index (κ1) is 16.1. The Balaban J connectivity index is 2.38. The first-order valence-electron chi connectivity index (χ1n) is 7.59. The van der Waals surface area contributed by atoms with Crippen molar-refractivity contribution in [2.45, 2.75) is 39.2 Å². The van der Waals surface area contributed by atoms with Crippen LogP contribution in [0.25, 0.3) is 10.8 Å². The Bertz CT molecular complexity index is 720. The highest BCUT2D eigenvalue weighted by Crippen LogP contribution is 2.20. The first-order valence-corrected chi connectivity index (χ1v) is 7.59. The van der Waals surface area contributed by atoms with E-state index in [0.29, 0.717) is 18.4 Å². The van der Waals surface area contributed by atoms with Gasteiger partial charge in [0, 0.05) is 11.6 Å². The molecule has 5 nitrogen and oxygen atoms in total. The molecule has 1 aromatic carbocycles. The Morgan fingerprint density at radius 3 is 2.73 bits per heavy atom. The predicted molar refractivity (Wildman–Crippen MR) is 85.6 cm³/mol. The summed E-state index contributed by atoms with van der Waals surface area (Å²) in [7, 11) is 0. The van der Waals surface area contributed by atoms with E-state index in [0.717, 1.165) is 24.0 Å². The zero-order valence-electron chi connectivity index (χ0n) is 12.9. The van der Waals surface area contributed by atoms with Gasteiger partial charge in [0.15, 0.2) is 0 Å². The highest BCUT2D eigenvalue weighted by molar-refractivity contribution is 5.83. The summed E-state index contributed by atoms with van der Waals surface area (Å²) < 4.78 is 6.91. The van der Waals surface area contributed by atoms with Crippen molar-refractivity contribution in [3.63, 3.8) is 0 Å². The van der Waals surface area contributed by atoms with Gasteiger partial charge in [-0.2, -0.15) is 0 Å². The molecule has 0 amide bonds. The van der Waals surface area contributed by atoms with E-state index in [9.17, 15) is 14.7 Å². The molecular weight excluding hydrogens is 282 g/mol. The van der Waals surface area contributed by atoms with Crippen LogP contribution in [0.5, 0.6) is 5.75 Å². The van der Waals surface area contributed by atoms with Crippen LogP contribution in [0.2, 0.25) is 0 Å². The maximum atomic E-state index is 12.5. The number of aliphatic carboxylic acids is 1. The molecule has 1 atom stereocenters. The fourth-order valence-electron chi connectivity index (χ4n) is 2.40. The average molecular weight is 303 g/mol. The van der Waals surface area contributed by atoms with Crippen LogP contribution in [-0.4, -0.2) is 22.2 Å². The number of fused-ring (bicyclic) bond motifs is 1. The molecule has 0 saturated heterocycles. The van der Waals surface area contributed by atoms with Gasteiger partial charge < -0.3 is 14.4 Å². The van der Waals surface area contributed by atoms with Crippen LogP contribution in [0, 0.1) is 0 Å². The van der Waals surface area contributed by atoms with Crippen LogP contribution in [0.15, 0.2) is 35.3 Å². The molecule has 0 aliphatic carbocycles. The maximum Gasteiger partial charge on any atom is 0.326 e. The SMILES string of the molecule is CCCCOc1ccc2c(=O)n(C(CC)C(=O)O)ccc2c1. The van der Waals surface area contributed by atoms with Gasteiger partial charge in [-0.05, 0) is 42.5 Å². The van der Waals surface area contributed by atoms with E-state index in [-0.39, 0.29) is 5.56 Å². The number of pyridine rings is 1. The van der Waals surface area contributed by atoms with Crippen LogP contribution in [0.4, 0.5) is 0 Å². The summed E-state index contributed by atoms with van der Waals surface area (Å²) in [4.78, 5) is 23.7. The molecule has 1 heterocycles. The molecule has 118 valence electrons. The molecule has 0 bridgehead atoms. The van der Waals surface area contributed by atoms with Gasteiger partial charge in [0.1, 0.15) is 11.8 Å². The lowest BCUT2D eigenvalue weighted by Crippen LogP contribution is -2.29.